The number of carbonyl (C=O) groups is 6. The number of ketones is 1. The lowest BCUT2D eigenvalue weighted by Crippen LogP contribution is -2.50. The second kappa shape index (κ2) is 24.1. The Balaban J connectivity index is 2.85. The van der Waals surface area contributed by atoms with E-state index in [1.54, 1.807) is 136 Å². The van der Waals surface area contributed by atoms with Crippen molar-refractivity contribution in [2.24, 2.45) is 0 Å². The van der Waals surface area contributed by atoms with Crippen LogP contribution in [0.4, 0.5) is 11.4 Å². The smallest absolute Gasteiger partial charge is 0.253 e. The molecule has 0 aromatic heterocycles. The minimum absolute atomic E-state index is 0.00999. The van der Waals surface area contributed by atoms with Gasteiger partial charge in [0.15, 0.2) is 11.8 Å². The van der Waals surface area contributed by atoms with Gasteiger partial charge in [0.25, 0.3) is 23.6 Å². The van der Waals surface area contributed by atoms with E-state index in [2.05, 4.69) is 26.6 Å². The average Bonchev–Trinajstić information content (AvgIpc) is 3.16. The lowest BCUT2D eigenvalue weighted by Gasteiger charge is -2.28. The van der Waals surface area contributed by atoms with Gasteiger partial charge in [0.1, 0.15) is 6.61 Å². The molecule has 0 aliphatic carbocycles. The molecule has 4 atom stereocenters. The molecule has 2 aromatic carbocycles. The third-order valence-corrected chi connectivity index (χ3v) is 14.0. The number of amides is 5. The number of hydrogen-bond acceptors (Lipinski definition) is 14. The number of halogens is 6. The molecule has 0 aliphatic rings. The van der Waals surface area contributed by atoms with E-state index < -0.39 is 86.1 Å². The number of carbonyl (C=O) groups excluding carboxylic acids is 6. The Kier molecular flexibility index (Phi) is 22.2. The molecular weight excluding hydrogens is 1430 g/mol. The van der Waals surface area contributed by atoms with Crippen molar-refractivity contribution in [2.45, 2.75) is 24.4 Å². The summed E-state index contributed by atoms with van der Waals surface area (Å²) in [7, 11) is 2.61. The van der Waals surface area contributed by atoms with Crippen LogP contribution in [0, 0.1) is 21.4 Å². The quantitative estimate of drug-likeness (QED) is 0.0453. The first-order chi connectivity index (χ1) is 26.2. The molecule has 0 radical (unpaired) electrons. The molecule has 2 aromatic rings. The molecule has 0 heterocycles. The largest absolute Gasteiger partial charge is 0.394 e. The first-order valence-electron chi connectivity index (χ1n) is 15.8. The van der Waals surface area contributed by atoms with Crippen molar-refractivity contribution >= 4 is 182 Å². The van der Waals surface area contributed by atoms with Crippen molar-refractivity contribution in [3.63, 3.8) is 0 Å². The van der Waals surface area contributed by atoms with Crippen LogP contribution in [0.25, 0.3) is 0 Å². The Morgan fingerprint density at radius 3 is 1.30 bits per heavy atom. The first kappa shape index (κ1) is 51.7. The number of nitrogens with one attached hydrogen (secondary N) is 5. The van der Waals surface area contributed by atoms with Crippen LogP contribution < -0.4 is 31.5 Å². The van der Waals surface area contributed by atoms with Crippen molar-refractivity contribution in [3.8, 4) is 0 Å². The maximum Gasteiger partial charge on any atom is 0.253 e. The second-order valence-corrected chi connectivity index (χ2v) is 17.9. The molecule has 0 fully saturated rings. The summed E-state index contributed by atoms with van der Waals surface area (Å²) < 4.78 is 0.738. The van der Waals surface area contributed by atoms with Gasteiger partial charge in [-0.05, 0) is 143 Å². The molecule has 2 rings (SSSR count). The maximum atomic E-state index is 14.5. The molecule has 0 saturated carbocycles. The van der Waals surface area contributed by atoms with Crippen molar-refractivity contribution in [2.75, 3.05) is 70.4 Å². The lowest BCUT2D eigenvalue weighted by molar-refractivity contribution is -0.119. The van der Waals surface area contributed by atoms with Crippen molar-refractivity contribution < 1.29 is 64.5 Å². The Morgan fingerprint density at radius 2 is 0.946 bits per heavy atom. The molecule has 25 heteroatoms. The van der Waals surface area contributed by atoms with Crippen LogP contribution in [-0.4, -0.2) is 156 Å². The van der Waals surface area contributed by atoms with E-state index in [1.807, 2.05) is 0 Å². The van der Waals surface area contributed by atoms with Crippen LogP contribution in [0.2, 0.25) is 0 Å². The predicted molar refractivity (Wildman–Crippen MR) is 252 cm³/mol. The Morgan fingerprint density at radius 1 is 0.589 bits per heavy atom. The standard InChI is InChI=1S/C31H36I6N6O13/c1-38-25(27(52)14-18(32)15(28(53)39-3-10(48)6-44)21(35)24(20(14)34)42-13(51)9-47)31(56)43(2)26-22(36)16(29(54)40-4-11(49)7-45)19(33)17(23(26)37)30(55)41-5-12(50)8-46/h10-12,25,38,44-50H,3-9H2,1-2H3,(H,39,53)(H,40,54)(H,41,55)(H,42,51). The number of hydrogen-bond donors (Lipinski definition) is 12. The summed E-state index contributed by atoms with van der Waals surface area (Å²) >= 11 is 10.6. The van der Waals surface area contributed by atoms with Gasteiger partial charge in [0.05, 0.1) is 76.9 Å². The number of benzene rings is 2. The van der Waals surface area contributed by atoms with Gasteiger partial charge < -0.3 is 67.2 Å². The number of nitrogens with zero attached hydrogens (tertiary/aromatic N) is 1. The summed E-state index contributed by atoms with van der Waals surface area (Å²) in [6, 6.07) is -1.70. The zero-order valence-electron chi connectivity index (χ0n) is 29.1. The van der Waals surface area contributed by atoms with Crippen LogP contribution in [0.15, 0.2) is 0 Å². The van der Waals surface area contributed by atoms with E-state index in [4.69, 9.17) is 0 Å². The highest BCUT2D eigenvalue weighted by molar-refractivity contribution is 14.1. The molecule has 4 unspecified atom stereocenters. The zero-order valence-corrected chi connectivity index (χ0v) is 42.0. The van der Waals surface area contributed by atoms with Gasteiger partial charge in [0, 0.05) is 43.0 Å². The monoisotopic (exact) mass is 1460 g/mol. The third kappa shape index (κ3) is 12.5. The third-order valence-electron chi connectivity index (χ3n) is 7.54. The van der Waals surface area contributed by atoms with Crippen LogP contribution >= 0.6 is 136 Å². The fourth-order valence-corrected chi connectivity index (χ4v) is 13.9. The SMILES string of the molecule is CNC(C(=O)c1c(I)c(NC(=O)CO)c(I)c(C(=O)NCC(O)CO)c1I)C(=O)N(C)c1c(I)c(C(=O)NCC(O)CO)c(I)c(C(=O)NCC(O)CO)c1I. The van der Waals surface area contributed by atoms with Gasteiger partial charge in [-0.15, -0.1) is 0 Å². The topological polar surface area (TPSA) is 307 Å². The van der Waals surface area contributed by atoms with Gasteiger partial charge >= 0.3 is 0 Å². The molecule has 5 amide bonds. The minimum Gasteiger partial charge on any atom is -0.394 e. The summed E-state index contributed by atoms with van der Waals surface area (Å²) in [6.45, 7) is -4.01. The number of likely N-dealkylation sites (N-methyl/N-ethyl adjacent to an activating group) is 2. The Labute approximate surface area is 401 Å². The van der Waals surface area contributed by atoms with Gasteiger partial charge in [-0.25, -0.2) is 0 Å². The number of anilines is 2. The van der Waals surface area contributed by atoms with Crippen molar-refractivity contribution in [1.82, 2.24) is 21.3 Å². The maximum absolute atomic E-state index is 14.5. The van der Waals surface area contributed by atoms with E-state index in [-0.39, 0.29) is 74.7 Å². The van der Waals surface area contributed by atoms with Gasteiger partial charge in [0.2, 0.25) is 5.91 Å². The fourth-order valence-electron chi connectivity index (χ4n) is 4.62. The van der Waals surface area contributed by atoms with Crippen LogP contribution in [0.1, 0.15) is 41.4 Å². The summed E-state index contributed by atoms with van der Waals surface area (Å²) in [6.07, 6.45) is -3.93. The molecule has 0 spiro atoms. The van der Waals surface area contributed by atoms with Crippen LogP contribution in [-0.2, 0) is 9.59 Å². The Bertz CT molecular complexity index is 1800. The van der Waals surface area contributed by atoms with Gasteiger partial charge in [-0.2, -0.15) is 0 Å². The number of rotatable bonds is 19. The molecular formula is C31H36I6N6O13. The highest BCUT2D eigenvalue weighted by atomic mass is 127. The summed E-state index contributed by atoms with van der Waals surface area (Å²) in [5.41, 5.74) is -0.501. The summed E-state index contributed by atoms with van der Waals surface area (Å²) in [5, 5.41) is 79.3. The fraction of sp³-hybridized carbons (Fsp3) is 0.419. The summed E-state index contributed by atoms with van der Waals surface area (Å²) in [4.78, 5) is 82.9. The van der Waals surface area contributed by atoms with E-state index in [0.717, 1.165) is 4.90 Å². The minimum atomic E-state index is -1.70. The molecule has 0 saturated heterocycles. The molecule has 19 nitrogen and oxygen atoms in total. The van der Waals surface area contributed by atoms with E-state index in [0.29, 0.717) is 0 Å². The molecule has 310 valence electrons. The first-order valence-corrected chi connectivity index (χ1v) is 22.2. The average molecular weight is 1460 g/mol. The number of aliphatic hydroxyl groups is 7. The van der Waals surface area contributed by atoms with Crippen molar-refractivity contribution in [3.05, 3.63) is 43.7 Å². The Hall–Kier alpha value is -0.480. The second-order valence-electron chi connectivity index (χ2n) is 11.4. The van der Waals surface area contributed by atoms with Crippen LogP contribution in [0.3, 0.4) is 0 Å². The molecule has 0 aliphatic heterocycles. The molecule has 56 heavy (non-hydrogen) atoms. The van der Waals surface area contributed by atoms with E-state index >= 15 is 0 Å². The normalized spacial score (nSPS) is 13.3. The zero-order chi connectivity index (χ0) is 42.8. The molecule has 0 bridgehead atoms. The number of Topliss-reactive ketones (excluding diaryl/α,β-unsaturated/α-hetero) is 1. The summed E-state index contributed by atoms with van der Waals surface area (Å²) in [5.74, 6) is -5.01. The van der Waals surface area contributed by atoms with Gasteiger partial charge in [-0.3, -0.25) is 28.8 Å². The highest BCUT2D eigenvalue weighted by Gasteiger charge is 2.38. The molecule has 12 N–H and O–H groups in total. The van der Waals surface area contributed by atoms with Crippen molar-refractivity contribution in [1.29, 1.82) is 0 Å². The van der Waals surface area contributed by atoms with E-state index in [1.165, 1.54) is 14.1 Å². The van der Waals surface area contributed by atoms with E-state index in [9.17, 15) is 64.5 Å². The van der Waals surface area contributed by atoms with Crippen LogP contribution in [0.5, 0.6) is 0 Å². The van der Waals surface area contributed by atoms with Gasteiger partial charge in [-0.1, -0.05) is 0 Å². The number of aliphatic hydroxyl groups excluding tert-OH is 7. The highest BCUT2D eigenvalue weighted by Crippen LogP contribution is 2.39. The lowest BCUT2D eigenvalue weighted by atomic mass is 9.99. The predicted octanol–water partition coefficient (Wildman–Crippen LogP) is -1.07.